The molecule has 5 unspecified atom stereocenters. The Morgan fingerprint density at radius 3 is 2.03 bits per heavy atom. The van der Waals surface area contributed by atoms with E-state index in [1.807, 2.05) is 0 Å². The van der Waals surface area contributed by atoms with Gasteiger partial charge in [0.2, 0.25) is 17.7 Å². The zero-order valence-corrected chi connectivity index (χ0v) is 21.7. The van der Waals surface area contributed by atoms with Crippen LogP contribution in [0.1, 0.15) is 51.5 Å². The molecule has 0 aliphatic rings. The van der Waals surface area contributed by atoms with Crippen LogP contribution in [-0.2, 0) is 30.4 Å². The van der Waals surface area contributed by atoms with Crippen molar-refractivity contribution >= 4 is 29.7 Å². The third-order valence-corrected chi connectivity index (χ3v) is 6.10. The molecule has 0 spiro atoms. The van der Waals surface area contributed by atoms with Crippen molar-refractivity contribution in [2.45, 2.75) is 76.5 Å². The second-order valence-corrected chi connectivity index (χ2v) is 9.19. The molecule has 1 aromatic carbocycles. The molecule has 0 heterocycles. The molecule has 212 valence electrons. The van der Waals surface area contributed by atoms with Crippen LogP contribution < -0.4 is 27.4 Å². The lowest BCUT2D eigenvalue weighted by Gasteiger charge is -2.28. The predicted molar refractivity (Wildman–Crippen MR) is 138 cm³/mol. The van der Waals surface area contributed by atoms with E-state index in [4.69, 9.17) is 16.6 Å². The summed E-state index contributed by atoms with van der Waals surface area (Å²) in [6.07, 6.45) is 0.995. The van der Waals surface area contributed by atoms with E-state index in [0.29, 0.717) is 31.4 Å². The zero-order valence-electron chi connectivity index (χ0n) is 21.7. The molecule has 0 saturated carbocycles. The molecule has 3 amide bonds. The standard InChI is InChI=1S/C25H39N5O8/c1-3-14(2)21(24(36)29-19(25(37)38)12-15-7-9-16(31)10-8-15)30-23(35)18(6-4-5-11-26)28-22(34)17(27)13-20(32)33/h7-10,14,17-19,21,31H,3-6,11-13,26-27H2,1-2H3,(H,28,34)(H,29,36)(H,30,35)(H,32,33)(H,37,38). The quantitative estimate of drug-likeness (QED) is 0.118. The van der Waals surface area contributed by atoms with Crippen molar-refractivity contribution in [3.63, 3.8) is 0 Å². The summed E-state index contributed by atoms with van der Waals surface area (Å²) in [4.78, 5) is 61.4. The summed E-state index contributed by atoms with van der Waals surface area (Å²) in [6.45, 7) is 3.87. The zero-order chi connectivity index (χ0) is 28.8. The number of benzene rings is 1. The van der Waals surface area contributed by atoms with E-state index in [9.17, 15) is 34.2 Å². The van der Waals surface area contributed by atoms with Crippen molar-refractivity contribution < 1.29 is 39.3 Å². The molecule has 0 aliphatic heterocycles. The van der Waals surface area contributed by atoms with Gasteiger partial charge in [0.05, 0.1) is 12.5 Å². The maximum Gasteiger partial charge on any atom is 0.326 e. The molecule has 0 bridgehead atoms. The van der Waals surface area contributed by atoms with Gasteiger partial charge in [0.1, 0.15) is 23.9 Å². The van der Waals surface area contributed by atoms with Gasteiger partial charge in [0.25, 0.3) is 0 Å². The highest BCUT2D eigenvalue weighted by atomic mass is 16.4. The molecule has 0 aromatic heterocycles. The van der Waals surface area contributed by atoms with Gasteiger partial charge in [0.15, 0.2) is 0 Å². The van der Waals surface area contributed by atoms with Crippen molar-refractivity contribution in [2.24, 2.45) is 17.4 Å². The van der Waals surface area contributed by atoms with Crippen LogP contribution in [0.15, 0.2) is 24.3 Å². The number of carboxylic acid groups (broad SMARTS) is 2. The van der Waals surface area contributed by atoms with E-state index in [1.165, 1.54) is 24.3 Å². The van der Waals surface area contributed by atoms with E-state index in [2.05, 4.69) is 16.0 Å². The number of hydrogen-bond donors (Lipinski definition) is 8. The third-order valence-electron chi connectivity index (χ3n) is 6.10. The van der Waals surface area contributed by atoms with Crippen LogP contribution >= 0.6 is 0 Å². The summed E-state index contributed by atoms with van der Waals surface area (Å²) in [5.41, 5.74) is 11.7. The Labute approximate surface area is 221 Å². The van der Waals surface area contributed by atoms with Crippen molar-refractivity contribution in [1.29, 1.82) is 0 Å². The Hall–Kier alpha value is -3.71. The molecule has 1 aromatic rings. The summed E-state index contributed by atoms with van der Waals surface area (Å²) < 4.78 is 0. The maximum atomic E-state index is 13.2. The topological polar surface area (TPSA) is 234 Å². The Morgan fingerprint density at radius 1 is 0.895 bits per heavy atom. The van der Waals surface area contributed by atoms with Crippen molar-refractivity contribution in [3.05, 3.63) is 29.8 Å². The number of carboxylic acids is 2. The highest BCUT2D eigenvalue weighted by Crippen LogP contribution is 2.13. The third kappa shape index (κ3) is 11.1. The average Bonchev–Trinajstić information content (AvgIpc) is 2.86. The fourth-order valence-electron chi connectivity index (χ4n) is 3.61. The minimum atomic E-state index is -1.37. The molecule has 0 radical (unpaired) electrons. The van der Waals surface area contributed by atoms with Gasteiger partial charge in [-0.3, -0.25) is 19.2 Å². The van der Waals surface area contributed by atoms with Gasteiger partial charge in [-0.25, -0.2) is 4.79 Å². The number of aromatic hydroxyl groups is 1. The van der Waals surface area contributed by atoms with E-state index >= 15 is 0 Å². The summed E-state index contributed by atoms with van der Waals surface area (Å²) in [5.74, 6) is -5.16. The van der Waals surface area contributed by atoms with Gasteiger partial charge in [0, 0.05) is 6.42 Å². The largest absolute Gasteiger partial charge is 0.508 e. The number of unbranched alkanes of at least 4 members (excludes halogenated alkanes) is 1. The van der Waals surface area contributed by atoms with Crippen LogP contribution in [0.4, 0.5) is 0 Å². The smallest absolute Gasteiger partial charge is 0.326 e. The molecule has 13 heteroatoms. The number of rotatable bonds is 17. The molecule has 0 saturated heterocycles. The Kier molecular flexibility index (Phi) is 13.8. The summed E-state index contributed by atoms with van der Waals surface area (Å²) in [6, 6.07) is 0.979. The minimum absolute atomic E-state index is 0.0150. The maximum absolute atomic E-state index is 13.2. The van der Waals surface area contributed by atoms with Gasteiger partial charge in [-0.2, -0.15) is 0 Å². The lowest BCUT2D eigenvalue weighted by molar-refractivity contribution is -0.142. The predicted octanol–water partition coefficient (Wildman–Crippen LogP) is -0.549. The number of amides is 3. The molecule has 0 fully saturated rings. The van der Waals surface area contributed by atoms with Gasteiger partial charge in [-0.1, -0.05) is 32.4 Å². The lowest BCUT2D eigenvalue weighted by Crippen LogP contribution is -2.59. The number of carbonyl (C=O) groups excluding carboxylic acids is 3. The first-order valence-electron chi connectivity index (χ1n) is 12.5. The van der Waals surface area contributed by atoms with Gasteiger partial charge in [-0.15, -0.1) is 0 Å². The molecule has 10 N–H and O–H groups in total. The SMILES string of the molecule is CCC(C)C(NC(=O)C(CCCCN)NC(=O)C(N)CC(=O)O)C(=O)NC(Cc1ccc(O)cc1)C(=O)O. The molecule has 5 atom stereocenters. The Bertz CT molecular complexity index is 956. The van der Waals surface area contributed by atoms with E-state index in [1.54, 1.807) is 13.8 Å². The van der Waals surface area contributed by atoms with Crippen LogP contribution in [0.25, 0.3) is 0 Å². The van der Waals surface area contributed by atoms with E-state index in [-0.39, 0.29) is 18.6 Å². The molecule has 1 rings (SSSR count). The molecule has 13 nitrogen and oxygen atoms in total. The van der Waals surface area contributed by atoms with Crippen molar-refractivity contribution in [2.75, 3.05) is 6.54 Å². The van der Waals surface area contributed by atoms with Crippen LogP contribution in [-0.4, -0.2) is 75.7 Å². The first kappa shape index (κ1) is 32.3. The number of nitrogens with two attached hydrogens (primary N) is 2. The first-order valence-corrected chi connectivity index (χ1v) is 12.5. The van der Waals surface area contributed by atoms with E-state index < -0.39 is 66.2 Å². The number of aliphatic carboxylic acids is 2. The first-order chi connectivity index (χ1) is 17.9. The van der Waals surface area contributed by atoms with Gasteiger partial charge in [-0.05, 0) is 49.4 Å². The van der Waals surface area contributed by atoms with Crippen LogP contribution in [0.5, 0.6) is 5.75 Å². The summed E-state index contributed by atoms with van der Waals surface area (Å²) >= 11 is 0. The van der Waals surface area contributed by atoms with Crippen LogP contribution in [0.3, 0.4) is 0 Å². The second-order valence-electron chi connectivity index (χ2n) is 9.19. The minimum Gasteiger partial charge on any atom is -0.508 e. The summed E-state index contributed by atoms with van der Waals surface area (Å²) in [7, 11) is 0. The lowest BCUT2D eigenvalue weighted by atomic mass is 9.96. The number of phenolic OH excluding ortho intramolecular Hbond substituents is 1. The molecular formula is C25H39N5O8. The highest BCUT2D eigenvalue weighted by Gasteiger charge is 2.33. The summed E-state index contributed by atoms with van der Waals surface area (Å²) in [5, 5.41) is 35.5. The van der Waals surface area contributed by atoms with Gasteiger partial charge >= 0.3 is 11.9 Å². The fraction of sp³-hybridized carbons (Fsp3) is 0.560. The number of hydrogen-bond acceptors (Lipinski definition) is 8. The normalized spacial score (nSPS) is 14.8. The second kappa shape index (κ2) is 16.2. The number of phenols is 1. The number of nitrogens with one attached hydrogen (secondary N) is 3. The van der Waals surface area contributed by atoms with E-state index in [0.717, 1.165) is 0 Å². The molecule has 0 aliphatic carbocycles. The van der Waals surface area contributed by atoms with Crippen molar-refractivity contribution in [1.82, 2.24) is 16.0 Å². The average molecular weight is 538 g/mol. The van der Waals surface area contributed by atoms with Gasteiger partial charge < -0.3 is 42.7 Å². The van der Waals surface area contributed by atoms with Crippen LogP contribution in [0, 0.1) is 5.92 Å². The van der Waals surface area contributed by atoms with Crippen LogP contribution in [0.2, 0.25) is 0 Å². The Morgan fingerprint density at radius 2 is 1.50 bits per heavy atom. The molecule has 38 heavy (non-hydrogen) atoms. The monoisotopic (exact) mass is 537 g/mol. The number of carbonyl (C=O) groups is 5. The highest BCUT2D eigenvalue weighted by molar-refractivity contribution is 5.94. The van der Waals surface area contributed by atoms with Crippen molar-refractivity contribution in [3.8, 4) is 5.75 Å². The molecular weight excluding hydrogens is 498 g/mol. The Balaban J connectivity index is 3.04. The fourth-order valence-corrected chi connectivity index (χ4v) is 3.61.